The Bertz CT molecular complexity index is 401. The molecule has 106 valence electrons. The molecule has 0 amide bonds. The highest BCUT2D eigenvalue weighted by atomic mass is 16.5. The molecular weight excluding hydrogens is 240 g/mol. The van der Waals surface area contributed by atoms with Crippen molar-refractivity contribution in [1.82, 2.24) is 4.90 Å². The molecule has 2 N–H and O–H groups in total. The molecule has 0 spiro atoms. The minimum absolute atomic E-state index is 0.226. The molecule has 0 bridgehead atoms. The van der Waals surface area contributed by atoms with Gasteiger partial charge in [-0.2, -0.15) is 0 Å². The quantitative estimate of drug-likeness (QED) is 0.901. The summed E-state index contributed by atoms with van der Waals surface area (Å²) in [6, 6.07) is 8.39. The van der Waals surface area contributed by atoms with E-state index in [9.17, 15) is 0 Å². The molecule has 1 fully saturated rings. The Morgan fingerprint density at radius 2 is 2.05 bits per heavy atom. The fourth-order valence-electron chi connectivity index (χ4n) is 2.82. The molecule has 0 aliphatic carbocycles. The topological polar surface area (TPSA) is 47.7 Å². The fourth-order valence-corrected chi connectivity index (χ4v) is 2.82. The smallest absolute Gasteiger partial charge is 0.119 e. The number of hydrogen-bond acceptors (Lipinski definition) is 4. The van der Waals surface area contributed by atoms with Gasteiger partial charge in [-0.15, -0.1) is 0 Å². The van der Waals surface area contributed by atoms with Crippen molar-refractivity contribution < 1.29 is 9.47 Å². The number of nitrogens with two attached hydrogens (primary N) is 1. The molecule has 1 aliphatic heterocycles. The summed E-state index contributed by atoms with van der Waals surface area (Å²) in [5.74, 6) is 0.880. The van der Waals surface area contributed by atoms with Gasteiger partial charge in [0.05, 0.1) is 19.3 Å². The molecule has 1 aliphatic rings. The van der Waals surface area contributed by atoms with Crippen LogP contribution in [0.5, 0.6) is 5.75 Å². The predicted octanol–water partition coefficient (Wildman–Crippen LogP) is 1.80. The van der Waals surface area contributed by atoms with Gasteiger partial charge >= 0.3 is 0 Å². The van der Waals surface area contributed by atoms with Crippen molar-refractivity contribution in [3.8, 4) is 5.75 Å². The molecule has 2 rings (SSSR count). The Hall–Kier alpha value is -1.10. The van der Waals surface area contributed by atoms with Crippen LogP contribution >= 0.6 is 0 Å². The molecule has 3 atom stereocenters. The van der Waals surface area contributed by atoms with E-state index in [0.29, 0.717) is 6.54 Å². The van der Waals surface area contributed by atoms with Crippen molar-refractivity contribution in [3.05, 3.63) is 29.8 Å². The molecule has 0 aromatic heterocycles. The molecule has 1 saturated heterocycles. The van der Waals surface area contributed by atoms with Crippen molar-refractivity contribution >= 4 is 0 Å². The highest BCUT2D eigenvalue weighted by molar-refractivity contribution is 5.30. The second-order valence-electron chi connectivity index (χ2n) is 5.24. The standard InChI is InChI=1S/C15H24N2O2/c1-11-9-17(10-12(2)19-11)15(8-16)13-5-4-6-14(7-13)18-3/h4-7,11-12,15H,8-10,16H2,1-3H3. The van der Waals surface area contributed by atoms with E-state index in [4.69, 9.17) is 15.2 Å². The van der Waals surface area contributed by atoms with E-state index in [-0.39, 0.29) is 18.2 Å². The lowest BCUT2D eigenvalue weighted by Gasteiger charge is -2.40. The van der Waals surface area contributed by atoms with Crippen molar-refractivity contribution in [2.75, 3.05) is 26.7 Å². The van der Waals surface area contributed by atoms with Gasteiger partial charge in [-0.25, -0.2) is 0 Å². The SMILES string of the molecule is COc1cccc(C(CN)N2CC(C)OC(C)C2)c1. The lowest BCUT2D eigenvalue weighted by Crippen LogP contribution is -2.48. The second-order valence-corrected chi connectivity index (χ2v) is 5.24. The summed E-state index contributed by atoms with van der Waals surface area (Å²) in [4.78, 5) is 2.41. The normalized spacial score (nSPS) is 26.1. The van der Waals surface area contributed by atoms with E-state index in [1.165, 1.54) is 5.56 Å². The average Bonchev–Trinajstić information content (AvgIpc) is 2.39. The summed E-state index contributed by atoms with van der Waals surface area (Å²) in [5, 5.41) is 0. The van der Waals surface area contributed by atoms with E-state index in [1.807, 2.05) is 12.1 Å². The molecule has 4 heteroatoms. The van der Waals surface area contributed by atoms with Crippen LogP contribution in [0, 0.1) is 0 Å². The Morgan fingerprint density at radius 1 is 1.37 bits per heavy atom. The Kier molecular flexibility index (Phi) is 4.80. The van der Waals surface area contributed by atoms with Crippen LogP contribution in [0.2, 0.25) is 0 Å². The number of nitrogens with zero attached hydrogens (tertiary/aromatic N) is 1. The summed E-state index contributed by atoms with van der Waals surface area (Å²) >= 11 is 0. The van der Waals surface area contributed by atoms with Crippen molar-refractivity contribution in [3.63, 3.8) is 0 Å². The van der Waals surface area contributed by atoms with Crippen LogP contribution in [0.4, 0.5) is 0 Å². The highest BCUT2D eigenvalue weighted by Crippen LogP contribution is 2.26. The summed E-state index contributed by atoms with van der Waals surface area (Å²) in [6.07, 6.45) is 0.506. The van der Waals surface area contributed by atoms with E-state index in [0.717, 1.165) is 18.8 Å². The Morgan fingerprint density at radius 3 is 2.63 bits per heavy atom. The first-order valence-electron chi connectivity index (χ1n) is 6.87. The predicted molar refractivity (Wildman–Crippen MR) is 76.4 cm³/mol. The van der Waals surface area contributed by atoms with Crippen molar-refractivity contribution in [2.45, 2.75) is 32.1 Å². The van der Waals surface area contributed by atoms with E-state index < -0.39 is 0 Å². The van der Waals surface area contributed by atoms with Gasteiger partial charge in [0.25, 0.3) is 0 Å². The highest BCUT2D eigenvalue weighted by Gasteiger charge is 2.28. The van der Waals surface area contributed by atoms with Gasteiger partial charge < -0.3 is 15.2 Å². The Balaban J connectivity index is 2.18. The van der Waals surface area contributed by atoms with E-state index >= 15 is 0 Å². The number of morpholine rings is 1. The number of hydrogen-bond donors (Lipinski definition) is 1. The molecule has 0 radical (unpaired) electrons. The van der Waals surface area contributed by atoms with Gasteiger partial charge in [-0.1, -0.05) is 12.1 Å². The monoisotopic (exact) mass is 264 g/mol. The van der Waals surface area contributed by atoms with Gasteiger partial charge in [0.15, 0.2) is 0 Å². The lowest BCUT2D eigenvalue weighted by molar-refractivity contribution is -0.0799. The molecule has 0 saturated carbocycles. The number of rotatable bonds is 4. The minimum Gasteiger partial charge on any atom is -0.497 e. The van der Waals surface area contributed by atoms with Gasteiger partial charge in [-0.05, 0) is 31.5 Å². The van der Waals surface area contributed by atoms with Crippen molar-refractivity contribution in [2.24, 2.45) is 5.73 Å². The number of ether oxygens (including phenoxy) is 2. The average molecular weight is 264 g/mol. The van der Waals surface area contributed by atoms with Crippen LogP contribution in [-0.2, 0) is 4.74 Å². The minimum atomic E-state index is 0.226. The summed E-state index contributed by atoms with van der Waals surface area (Å²) in [6.45, 7) is 6.67. The molecule has 1 aromatic rings. The third-order valence-electron chi connectivity index (χ3n) is 3.59. The molecule has 3 unspecified atom stereocenters. The summed E-state index contributed by atoms with van der Waals surface area (Å²) < 4.78 is 11.1. The molecule has 4 nitrogen and oxygen atoms in total. The first kappa shape index (κ1) is 14.3. The van der Waals surface area contributed by atoms with Gasteiger partial charge in [0.1, 0.15) is 5.75 Å². The molecule has 1 aromatic carbocycles. The van der Waals surface area contributed by atoms with Crippen LogP contribution in [0.3, 0.4) is 0 Å². The zero-order valence-corrected chi connectivity index (χ0v) is 12.0. The molecule has 19 heavy (non-hydrogen) atoms. The van der Waals surface area contributed by atoms with E-state index in [1.54, 1.807) is 7.11 Å². The maximum atomic E-state index is 5.99. The number of methoxy groups -OCH3 is 1. The summed E-state index contributed by atoms with van der Waals surface area (Å²) in [5.41, 5.74) is 7.21. The second kappa shape index (κ2) is 6.37. The third-order valence-corrected chi connectivity index (χ3v) is 3.59. The molecule has 1 heterocycles. The van der Waals surface area contributed by atoms with Crippen LogP contribution in [0.25, 0.3) is 0 Å². The fraction of sp³-hybridized carbons (Fsp3) is 0.600. The van der Waals surface area contributed by atoms with Crippen LogP contribution in [-0.4, -0.2) is 43.9 Å². The largest absolute Gasteiger partial charge is 0.497 e. The van der Waals surface area contributed by atoms with Crippen molar-refractivity contribution in [1.29, 1.82) is 0 Å². The molecular formula is C15H24N2O2. The zero-order chi connectivity index (χ0) is 13.8. The van der Waals surface area contributed by atoms with E-state index in [2.05, 4.69) is 30.9 Å². The first-order chi connectivity index (χ1) is 9.13. The first-order valence-corrected chi connectivity index (χ1v) is 6.87. The van der Waals surface area contributed by atoms with Crippen LogP contribution in [0.1, 0.15) is 25.5 Å². The maximum Gasteiger partial charge on any atom is 0.119 e. The zero-order valence-electron chi connectivity index (χ0n) is 12.0. The van der Waals surface area contributed by atoms with Crippen LogP contribution < -0.4 is 10.5 Å². The van der Waals surface area contributed by atoms with Gasteiger partial charge in [-0.3, -0.25) is 4.90 Å². The third kappa shape index (κ3) is 3.47. The van der Waals surface area contributed by atoms with Gasteiger partial charge in [0.2, 0.25) is 0 Å². The Labute approximate surface area is 115 Å². The van der Waals surface area contributed by atoms with Gasteiger partial charge in [0, 0.05) is 25.7 Å². The maximum absolute atomic E-state index is 5.99. The lowest BCUT2D eigenvalue weighted by atomic mass is 10.0. The number of benzene rings is 1. The van der Waals surface area contributed by atoms with Crippen LogP contribution in [0.15, 0.2) is 24.3 Å². The summed E-state index contributed by atoms with van der Waals surface area (Å²) in [7, 11) is 1.69.